The fourth-order valence-electron chi connectivity index (χ4n) is 2.60. The number of rotatable bonds is 3. The molecule has 0 saturated heterocycles. The maximum Gasteiger partial charge on any atom is 0.258 e. The Morgan fingerprint density at radius 2 is 1.79 bits per heavy atom. The van der Waals surface area contributed by atoms with Gasteiger partial charge in [-0.05, 0) is 31.2 Å². The molecule has 0 aliphatic rings. The zero-order valence-corrected chi connectivity index (χ0v) is 14.4. The van der Waals surface area contributed by atoms with Gasteiger partial charge in [0.1, 0.15) is 5.69 Å². The van der Waals surface area contributed by atoms with E-state index in [0.717, 1.165) is 0 Å². The molecule has 122 valence electrons. The SMILES string of the molecule is CC(=O)c1c(C)nc2c(NC(=O)c3c(Cl)cccc3Cl)cccn12. The lowest BCUT2D eigenvalue weighted by atomic mass is 10.2. The smallest absolute Gasteiger partial charge is 0.258 e. The number of imidazole rings is 1. The molecule has 0 bridgehead atoms. The molecule has 0 aliphatic heterocycles. The van der Waals surface area contributed by atoms with Gasteiger partial charge in [0, 0.05) is 13.1 Å². The van der Waals surface area contributed by atoms with E-state index in [1.54, 1.807) is 47.9 Å². The Labute approximate surface area is 148 Å². The number of carbonyl (C=O) groups is 2. The molecule has 1 N–H and O–H groups in total. The second-order valence-corrected chi connectivity index (χ2v) is 6.08. The van der Waals surface area contributed by atoms with Crippen LogP contribution < -0.4 is 5.32 Å². The summed E-state index contributed by atoms with van der Waals surface area (Å²) in [4.78, 5) is 28.7. The van der Waals surface area contributed by atoms with E-state index in [1.165, 1.54) is 6.92 Å². The lowest BCUT2D eigenvalue weighted by molar-refractivity contribution is 0.100. The van der Waals surface area contributed by atoms with Crippen molar-refractivity contribution in [1.82, 2.24) is 9.38 Å². The van der Waals surface area contributed by atoms with Crippen molar-refractivity contribution in [2.45, 2.75) is 13.8 Å². The number of nitrogens with zero attached hydrogens (tertiary/aromatic N) is 2. The Hall–Kier alpha value is -2.37. The quantitative estimate of drug-likeness (QED) is 0.703. The van der Waals surface area contributed by atoms with Crippen LogP contribution in [0.2, 0.25) is 10.0 Å². The summed E-state index contributed by atoms with van der Waals surface area (Å²) < 4.78 is 1.65. The molecule has 0 fully saturated rings. The first-order chi connectivity index (χ1) is 11.4. The summed E-state index contributed by atoms with van der Waals surface area (Å²) in [6.07, 6.45) is 1.73. The van der Waals surface area contributed by atoms with Crippen molar-refractivity contribution in [3.8, 4) is 0 Å². The van der Waals surface area contributed by atoms with Crippen LogP contribution in [0, 0.1) is 6.92 Å². The van der Waals surface area contributed by atoms with Gasteiger partial charge in [-0.2, -0.15) is 0 Å². The maximum absolute atomic E-state index is 12.5. The highest BCUT2D eigenvalue weighted by molar-refractivity contribution is 6.40. The lowest BCUT2D eigenvalue weighted by Gasteiger charge is -2.09. The van der Waals surface area contributed by atoms with Crippen molar-refractivity contribution >= 4 is 46.2 Å². The lowest BCUT2D eigenvalue weighted by Crippen LogP contribution is -2.14. The van der Waals surface area contributed by atoms with Crippen LogP contribution in [0.1, 0.15) is 33.5 Å². The van der Waals surface area contributed by atoms with E-state index in [2.05, 4.69) is 10.3 Å². The summed E-state index contributed by atoms with van der Waals surface area (Å²) in [5.41, 5.74) is 2.22. The average molecular weight is 362 g/mol. The molecule has 0 radical (unpaired) electrons. The van der Waals surface area contributed by atoms with E-state index in [0.29, 0.717) is 22.7 Å². The summed E-state index contributed by atoms with van der Waals surface area (Å²) in [6.45, 7) is 3.23. The molecule has 3 aromatic rings. The molecule has 5 nitrogen and oxygen atoms in total. The number of carbonyl (C=O) groups excluding carboxylic acids is 2. The van der Waals surface area contributed by atoms with Crippen molar-refractivity contribution in [2.24, 2.45) is 0 Å². The zero-order valence-electron chi connectivity index (χ0n) is 12.9. The maximum atomic E-state index is 12.5. The number of nitrogens with one attached hydrogen (secondary N) is 1. The van der Waals surface area contributed by atoms with Crippen LogP contribution in [0.4, 0.5) is 5.69 Å². The molecule has 0 aliphatic carbocycles. The van der Waals surface area contributed by atoms with Crippen molar-refractivity contribution in [3.05, 3.63) is 63.5 Å². The third-order valence-corrected chi connectivity index (χ3v) is 4.23. The normalized spacial score (nSPS) is 10.8. The van der Waals surface area contributed by atoms with Crippen LogP contribution >= 0.6 is 23.2 Å². The Bertz CT molecular complexity index is 959. The molecule has 0 spiro atoms. The van der Waals surface area contributed by atoms with Gasteiger partial charge in [-0.3, -0.25) is 14.0 Å². The molecule has 2 aromatic heterocycles. The molecule has 24 heavy (non-hydrogen) atoms. The van der Waals surface area contributed by atoms with E-state index in [1.807, 2.05) is 0 Å². The largest absolute Gasteiger partial charge is 0.319 e. The van der Waals surface area contributed by atoms with Crippen molar-refractivity contribution in [1.29, 1.82) is 0 Å². The minimum absolute atomic E-state index is 0.0994. The molecule has 3 rings (SSSR count). The average Bonchev–Trinajstić information content (AvgIpc) is 2.84. The van der Waals surface area contributed by atoms with Crippen molar-refractivity contribution in [2.75, 3.05) is 5.32 Å². The van der Waals surface area contributed by atoms with Gasteiger partial charge in [-0.1, -0.05) is 29.3 Å². The van der Waals surface area contributed by atoms with Gasteiger partial charge < -0.3 is 5.32 Å². The van der Waals surface area contributed by atoms with E-state index < -0.39 is 5.91 Å². The van der Waals surface area contributed by atoms with Crippen LogP contribution in [0.5, 0.6) is 0 Å². The highest BCUT2D eigenvalue weighted by Gasteiger charge is 2.19. The summed E-state index contributed by atoms with van der Waals surface area (Å²) in [7, 11) is 0. The van der Waals surface area contributed by atoms with E-state index in [9.17, 15) is 9.59 Å². The Morgan fingerprint density at radius 3 is 2.42 bits per heavy atom. The van der Waals surface area contributed by atoms with Gasteiger partial charge in [-0.15, -0.1) is 0 Å². The van der Waals surface area contributed by atoms with Crippen LogP contribution in [0.3, 0.4) is 0 Å². The first kappa shape index (κ1) is 16.5. The molecule has 0 saturated carbocycles. The van der Waals surface area contributed by atoms with Gasteiger partial charge >= 0.3 is 0 Å². The highest BCUT2D eigenvalue weighted by Crippen LogP contribution is 2.26. The summed E-state index contributed by atoms with van der Waals surface area (Å²) >= 11 is 12.1. The van der Waals surface area contributed by atoms with Gasteiger partial charge in [0.05, 0.1) is 27.0 Å². The number of fused-ring (bicyclic) bond motifs is 1. The predicted molar refractivity (Wildman–Crippen MR) is 94.3 cm³/mol. The number of hydrogen-bond acceptors (Lipinski definition) is 3. The monoisotopic (exact) mass is 361 g/mol. The molecule has 1 amide bonds. The zero-order chi connectivity index (χ0) is 17.4. The van der Waals surface area contributed by atoms with Crippen LogP contribution in [-0.4, -0.2) is 21.1 Å². The number of halogens is 2. The first-order valence-corrected chi connectivity index (χ1v) is 7.89. The van der Waals surface area contributed by atoms with Gasteiger partial charge in [0.25, 0.3) is 5.91 Å². The summed E-state index contributed by atoms with van der Waals surface area (Å²) in [5.74, 6) is -0.540. The Balaban J connectivity index is 2.07. The fraction of sp³-hybridized carbons (Fsp3) is 0.118. The van der Waals surface area contributed by atoms with Gasteiger partial charge in [-0.25, -0.2) is 4.98 Å². The fourth-order valence-corrected chi connectivity index (χ4v) is 3.17. The van der Waals surface area contributed by atoms with Crippen LogP contribution in [0.15, 0.2) is 36.5 Å². The molecule has 1 aromatic carbocycles. The molecule has 0 unspecified atom stereocenters. The van der Waals surface area contributed by atoms with E-state index in [-0.39, 0.29) is 21.4 Å². The molecule has 7 heteroatoms. The van der Waals surface area contributed by atoms with Gasteiger partial charge in [0.2, 0.25) is 0 Å². The number of amides is 1. The van der Waals surface area contributed by atoms with Crippen LogP contribution in [-0.2, 0) is 0 Å². The number of anilines is 1. The first-order valence-electron chi connectivity index (χ1n) is 7.14. The topological polar surface area (TPSA) is 63.5 Å². The predicted octanol–water partition coefficient (Wildman–Crippen LogP) is 4.40. The number of ketones is 1. The number of aryl methyl sites for hydroxylation is 1. The number of benzene rings is 1. The third kappa shape index (κ3) is 2.77. The number of aromatic nitrogens is 2. The number of hydrogen-bond donors (Lipinski definition) is 1. The number of Topliss-reactive ketones (excluding diaryl/α,β-unsaturated/α-hetero) is 1. The Morgan fingerprint density at radius 1 is 1.12 bits per heavy atom. The summed E-state index contributed by atoms with van der Waals surface area (Å²) in [5, 5.41) is 3.28. The summed E-state index contributed by atoms with van der Waals surface area (Å²) in [6, 6.07) is 8.28. The van der Waals surface area contributed by atoms with Crippen LogP contribution in [0.25, 0.3) is 5.65 Å². The second-order valence-electron chi connectivity index (χ2n) is 5.27. The molecular formula is C17H13Cl2N3O2. The number of pyridine rings is 1. The van der Waals surface area contributed by atoms with Crippen molar-refractivity contribution < 1.29 is 9.59 Å². The van der Waals surface area contributed by atoms with Crippen molar-refractivity contribution in [3.63, 3.8) is 0 Å². The molecular weight excluding hydrogens is 349 g/mol. The second kappa shape index (κ2) is 6.26. The Kier molecular flexibility index (Phi) is 4.30. The highest BCUT2D eigenvalue weighted by atomic mass is 35.5. The van der Waals surface area contributed by atoms with Gasteiger partial charge in [0.15, 0.2) is 11.4 Å². The minimum Gasteiger partial charge on any atom is -0.319 e. The molecule has 2 heterocycles. The standard InChI is InChI=1S/C17H13Cl2N3O2/c1-9-15(10(2)23)22-8-4-7-13(16(22)20-9)21-17(24)14-11(18)5-3-6-12(14)19/h3-8H,1-2H3,(H,21,24). The minimum atomic E-state index is -0.441. The van der Waals surface area contributed by atoms with E-state index in [4.69, 9.17) is 23.2 Å². The third-order valence-electron chi connectivity index (χ3n) is 3.60. The molecule has 0 atom stereocenters. The van der Waals surface area contributed by atoms with E-state index >= 15 is 0 Å².